The summed E-state index contributed by atoms with van der Waals surface area (Å²) in [4.78, 5) is 12.5. The molecule has 0 aliphatic carbocycles. The van der Waals surface area contributed by atoms with Crippen molar-refractivity contribution in [3.8, 4) is 0 Å². The van der Waals surface area contributed by atoms with Crippen molar-refractivity contribution in [1.29, 1.82) is 0 Å². The first-order valence-electron chi connectivity index (χ1n) is 14.1. The van der Waals surface area contributed by atoms with Gasteiger partial charge in [0.1, 0.15) is 0 Å². The second-order valence-electron chi connectivity index (χ2n) is 11.6. The number of nitrogens with one attached hydrogen (secondary N) is 3. The third-order valence-corrected chi connectivity index (χ3v) is 8.79. The minimum absolute atomic E-state index is 0.0545. The van der Waals surface area contributed by atoms with Crippen molar-refractivity contribution in [2.75, 3.05) is 16.6 Å². The lowest BCUT2D eigenvalue weighted by Crippen LogP contribution is -2.42. The van der Waals surface area contributed by atoms with E-state index in [1.165, 1.54) is 12.1 Å². The number of nitrogens with two attached hydrogens (primary N) is 1. The molecule has 0 unspecified atom stereocenters. The topological polar surface area (TPSA) is 138 Å². The number of carbonyl (C=O) groups excluding carboxylic acids is 1. The third kappa shape index (κ3) is 7.98. The molecule has 0 saturated heterocycles. The number of hydrogen-bond donors (Lipinski definition) is 5. The molecule has 3 aromatic carbocycles. The molecule has 0 spiro atoms. The molecular weight excluding hydrogens is 550 g/mol. The molecule has 1 aromatic heterocycles. The Morgan fingerprint density at radius 1 is 0.976 bits per heavy atom. The maximum atomic E-state index is 12.7. The van der Waals surface area contributed by atoms with Crippen molar-refractivity contribution in [3.05, 3.63) is 90.6 Å². The van der Waals surface area contributed by atoms with E-state index in [2.05, 4.69) is 33.8 Å². The first-order chi connectivity index (χ1) is 19.8. The molecular formula is C32H41N5O4S. The molecule has 0 radical (unpaired) electrons. The molecule has 1 amide bonds. The molecule has 2 atom stereocenters. The third-order valence-electron chi connectivity index (χ3n) is 7.39. The van der Waals surface area contributed by atoms with Crippen LogP contribution in [0.4, 0.5) is 11.4 Å². The van der Waals surface area contributed by atoms with Crippen molar-refractivity contribution in [2.45, 2.75) is 63.2 Å². The number of hydrogen-bond acceptors (Lipinski definition) is 6. The molecule has 10 heteroatoms. The summed E-state index contributed by atoms with van der Waals surface area (Å²) in [5.74, 6) is -0.141. The normalized spacial score (nSPS) is 13.7. The Labute approximate surface area is 248 Å². The zero-order valence-electron chi connectivity index (χ0n) is 24.5. The summed E-state index contributed by atoms with van der Waals surface area (Å²) < 4.78 is 30.1. The fourth-order valence-electron chi connectivity index (χ4n) is 4.60. The predicted octanol–water partition coefficient (Wildman–Crippen LogP) is 4.86. The van der Waals surface area contributed by atoms with Gasteiger partial charge in [-0.2, -0.15) is 0 Å². The Balaban J connectivity index is 1.33. The van der Waals surface area contributed by atoms with Crippen LogP contribution in [0.1, 0.15) is 45.8 Å². The number of aliphatic hydroxyl groups excluding tert-OH is 1. The summed E-state index contributed by atoms with van der Waals surface area (Å²) in [7, 11) is -3.72. The number of anilines is 2. The zero-order valence-corrected chi connectivity index (χ0v) is 25.4. The molecule has 0 fully saturated rings. The molecule has 1 heterocycles. The van der Waals surface area contributed by atoms with Gasteiger partial charge in [0.15, 0.2) is 0 Å². The summed E-state index contributed by atoms with van der Waals surface area (Å²) in [6.45, 7) is 9.06. The Morgan fingerprint density at radius 3 is 2.43 bits per heavy atom. The molecule has 9 nitrogen and oxygen atoms in total. The highest BCUT2D eigenvalue weighted by Crippen LogP contribution is 2.24. The first-order valence-corrected chi connectivity index (χ1v) is 15.6. The lowest BCUT2D eigenvalue weighted by atomic mass is 9.99. The van der Waals surface area contributed by atoms with Gasteiger partial charge >= 0.3 is 0 Å². The van der Waals surface area contributed by atoms with Crippen LogP contribution in [-0.4, -0.2) is 42.1 Å². The standard InChI is InChI=1S/C32H41N5O4S/c1-22(2)30(33)31(39)35-25-13-14-28-23(19-25)15-17-37(28)18-16-32(3,4)34-21-29(38)24-9-8-10-26(20-24)36-42(40,41)27-11-6-5-7-12-27/h5-15,17,19-20,22,29-30,34,36,38H,16,18,21,33H2,1-4H3,(H,35,39)/t29-,30-/m0/s1. The smallest absolute Gasteiger partial charge is 0.261 e. The molecule has 42 heavy (non-hydrogen) atoms. The second kappa shape index (κ2) is 13.1. The van der Waals surface area contributed by atoms with Gasteiger partial charge in [-0.25, -0.2) is 8.42 Å². The number of fused-ring (bicyclic) bond motifs is 1. The molecule has 0 saturated carbocycles. The number of rotatable bonds is 13. The number of benzene rings is 3. The number of amides is 1. The summed E-state index contributed by atoms with van der Waals surface area (Å²) in [6, 6.07) is 22.3. The van der Waals surface area contributed by atoms with Crippen LogP contribution in [0.5, 0.6) is 0 Å². The minimum Gasteiger partial charge on any atom is -0.387 e. The van der Waals surface area contributed by atoms with Crippen LogP contribution >= 0.6 is 0 Å². The number of sulfonamides is 1. The maximum Gasteiger partial charge on any atom is 0.261 e. The molecule has 224 valence electrons. The van der Waals surface area contributed by atoms with Crippen LogP contribution in [0.15, 0.2) is 90.0 Å². The van der Waals surface area contributed by atoms with Gasteiger partial charge in [-0.3, -0.25) is 9.52 Å². The van der Waals surface area contributed by atoms with E-state index < -0.39 is 22.2 Å². The fraction of sp³-hybridized carbons (Fsp3) is 0.344. The Kier molecular flexibility index (Phi) is 9.73. The molecule has 4 aromatic rings. The SMILES string of the molecule is CC(C)[C@H](N)C(=O)Nc1ccc2c(ccn2CCC(C)(C)NC[C@H](O)c2cccc(NS(=O)(=O)c3ccccc3)c2)c1. The highest BCUT2D eigenvalue weighted by Gasteiger charge is 2.21. The van der Waals surface area contributed by atoms with Crippen molar-refractivity contribution in [3.63, 3.8) is 0 Å². The summed E-state index contributed by atoms with van der Waals surface area (Å²) >= 11 is 0. The van der Waals surface area contributed by atoms with Crippen molar-refractivity contribution < 1.29 is 18.3 Å². The van der Waals surface area contributed by atoms with E-state index in [0.717, 1.165) is 23.9 Å². The monoisotopic (exact) mass is 591 g/mol. The molecule has 0 aliphatic rings. The lowest BCUT2D eigenvalue weighted by molar-refractivity contribution is -0.118. The average molecular weight is 592 g/mol. The van der Waals surface area contributed by atoms with Crippen molar-refractivity contribution >= 4 is 38.2 Å². The van der Waals surface area contributed by atoms with Crippen LogP contribution in [0.25, 0.3) is 10.9 Å². The van der Waals surface area contributed by atoms with Crippen LogP contribution < -0.4 is 21.1 Å². The fourth-order valence-corrected chi connectivity index (χ4v) is 5.67. The Bertz CT molecular complexity index is 1620. The number of β-amino-alcohol motifs (C(OH)–C–C–N with tert-alkyl or cyclic N) is 1. The Morgan fingerprint density at radius 2 is 1.71 bits per heavy atom. The van der Waals surface area contributed by atoms with Gasteiger partial charge in [-0.1, -0.05) is 44.2 Å². The highest BCUT2D eigenvalue weighted by molar-refractivity contribution is 7.92. The number of aromatic nitrogens is 1. The highest BCUT2D eigenvalue weighted by atomic mass is 32.2. The van der Waals surface area contributed by atoms with Crippen molar-refractivity contribution in [1.82, 2.24) is 9.88 Å². The predicted molar refractivity (Wildman–Crippen MR) is 169 cm³/mol. The zero-order chi connectivity index (χ0) is 30.5. The van der Waals surface area contributed by atoms with E-state index in [4.69, 9.17) is 5.73 Å². The number of aliphatic hydroxyl groups is 1. The van der Waals surface area contributed by atoms with Crippen LogP contribution in [0.3, 0.4) is 0 Å². The molecule has 0 bridgehead atoms. The summed E-state index contributed by atoms with van der Waals surface area (Å²) in [5.41, 5.74) is 8.46. The quantitative estimate of drug-likeness (QED) is 0.151. The van der Waals surface area contributed by atoms with Gasteiger partial charge in [-0.05, 0) is 80.3 Å². The van der Waals surface area contributed by atoms with Gasteiger partial charge in [-0.15, -0.1) is 0 Å². The second-order valence-corrected chi connectivity index (χ2v) is 13.3. The number of carbonyl (C=O) groups is 1. The van der Waals surface area contributed by atoms with Gasteiger partial charge in [0.05, 0.1) is 17.0 Å². The maximum absolute atomic E-state index is 12.7. The van der Waals surface area contributed by atoms with Crippen LogP contribution in [-0.2, 0) is 21.4 Å². The van der Waals surface area contributed by atoms with E-state index in [1.54, 1.807) is 42.5 Å². The molecule has 6 N–H and O–H groups in total. The molecule has 4 rings (SSSR count). The van der Waals surface area contributed by atoms with E-state index in [0.29, 0.717) is 23.5 Å². The van der Waals surface area contributed by atoms with E-state index in [1.807, 2.05) is 44.3 Å². The van der Waals surface area contributed by atoms with E-state index in [9.17, 15) is 18.3 Å². The number of aryl methyl sites for hydroxylation is 1. The van der Waals surface area contributed by atoms with Gasteiger partial charge < -0.3 is 26.0 Å². The van der Waals surface area contributed by atoms with Crippen LogP contribution in [0.2, 0.25) is 0 Å². The Hall–Kier alpha value is -3.70. The molecule has 0 aliphatic heterocycles. The van der Waals surface area contributed by atoms with Gasteiger partial charge in [0.2, 0.25) is 5.91 Å². The first kappa shape index (κ1) is 31.2. The van der Waals surface area contributed by atoms with Gasteiger partial charge in [0.25, 0.3) is 10.0 Å². The number of nitrogens with zero attached hydrogens (tertiary/aromatic N) is 1. The largest absolute Gasteiger partial charge is 0.387 e. The van der Waals surface area contributed by atoms with E-state index >= 15 is 0 Å². The van der Waals surface area contributed by atoms with Gasteiger partial charge in [0, 0.05) is 47.1 Å². The summed E-state index contributed by atoms with van der Waals surface area (Å²) in [5, 5.41) is 18.3. The average Bonchev–Trinajstić information content (AvgIpc) is 3.37. The lowest BCUT2D eigenvalue weighted by Gasteiger charge is -2.28. The van der Waals surface area contributed by atoms with Crippen LogP contribution in [0, 0.1) is 5.92 Å². The van der Waals surface area contributed by atoms with Crippen molar-refractivity contribution in [2.24, 2.45) is 11.7 Å². The van der Waals surface area contributed by atoms with E-state index in [-0.39, 0.29) is 22.3 Å². The summed E-state index contributed by atoms with van der Waals surface area (Å²) in [6.07, 6.45) is 2.00. The minimum atomic E-state index is -3.72.